The summed E-state index contributed by atoms with van der Waals surface area (Å²) in [4.78, 5) is 19.1. The summed E-state index contributed by atoms with van der Waals surface area (Å²) in [6.45, 7) is 2.81. The Morgan fingerprint density at radius 1 is 1.14 bits per heavy atom. The van der Waals surface area contributed by atoms with E-state index in [-0.39, 0.29) is 5.56 Å². The van der Waals surface area contributed by atoms with Crippen molar-refractivity contribution in [3.63, 3.8) is 0 Å². The van der Waals surface area contributed by atoms with Gasteiger partial charge in [0.2, 0.25) is 5.95 Å². The van der Waals surface area contributed by atoms with E-state index >= 15 is 0 Å². The van der Waals surface area contributed by atoms with E-state index in [9.17, 15) is 4.79 Å². The van der Waals surface area contributed by atoms with Gasteiger partial charge >= 0.3 is 0 Å². The maximum Gasteiger partial charge on any atom is 0.260 e. The van der Waals surface area contributed by atoms with Crippen LogP contribution in [0.4, 0.5) is 5.95 Å². The van der Waals surface area contributed by atoms with Gasteiger partial charge in [0.15, 0.2) is 0 Å². The van der Waals surface area contributed by atoms with Gasteiger partial charge in [-0.15, -0.1) is 0 Å². The topological polar surface area (TPSA) is 57.8 Å². The van der Waals surface area contributed by atoms with Crippen LogP contribution in [0.5, 0.6) is 0 Å². The second-order valence-corrected chi connectivity index (χ2v) is 5.10. The van der Waals surface area contributed by atoms with Crippen molar-refractivity contribution in [1.82, 2.24) is 9.97 Å². The maximum absolute atomic E-state index is 11.9. The third-order valence-corrected chi connectivity index (χ3v) is 3.40. The number of anilines is 1. The normalized spacial score (nSPS) is 10.7. The quantitative estimate of drug-likeness (QED) is 0.772. The zero-order chi connectivity index (χ0) is 14.7. The van der Waals surface area contributed by atoms with Crippen LogP contribution in [0.1, 0.15) is 11.1 Å². The minimum atomic E-state index is -0.112. The zero-order valence-electron chi connectivity index (χ0n) is 11.9. The molecule has 4 nitrogen and oxygen atoms in total. The molecule has 3 aromatic rings. The van der Waals surface area contributed by atoms with E-state index < -0.39 is 0 Å². The number of para-hydroxylation sites is 1. The van der Waals surface area contributed by atoms with Crippen LogP contribution >= 0.6 is 0 Å². The van der Waals surface area contributed by atoms with Crippen LogP contribution in [0.25, 0.3) is 10.9 Å². The van der Waals surface area contributed by atoms with Gasteiger partial charge in [0.1, 0.15) is 0 Å². The van der Waals surface area contributed by atoms with Crippen LogP contribution in [0, 0.1) is 6.92 Å². The van der Waals surface area contributed by atoms with E-state index in [1.165, 1.54) is 11.1 Å². The Labute approximate surface area is 122 Å². The first kappa shape index (κ1) is 13.4. The Morgan fingerprint density at radius 3 is 2.86 bits per heavy atom. The lowest BCUT2D eigenvalue weighted by Gasteiger charge is -2.07. The second-order valence-electron chi connectivity index (χ2n) is 5.10. The van der Waals surface area contributed by atoms with Gasteiger partial charge < -0.3 is 5.32 Å². The second kappa shape index (κ2) is 5.79. The van der Waals surface area contributed by atoms with E-state index in [4.69, 9.17) is 0 Å². The predicted molar refractivity (Wildman–Crippen MR) is 85.7 cm³/mol. The number of H-pyrrole nitrogens is 1. The van der Waals surface area contributed by atoms with Gasteiger partial charge in [-0.3, -0.25) is 9.78 Å². The lowest BCUT2D eigenvalue weighted by molar-refractivity contribution is 0.983. The molecule has 0 unspecified atom stereocenters. The standard InChI is InChI=1S/C17H17N3O/c1-12-5-4-6-13(11-12)9-10-18-17-19-15-8-3-2-7-14(15)16(21)20-17/h2-8,11H,9-10H2,1H3,(H2,18,19,20,21). The molecule has 0 fully saturated rings. The first-order valence-corrected chi connectivity index (χ1v) is 7.01. The molecule has 0 aliphatic heterocycles. The fourth-order valence-corrected chi connectivity index (χ4v) is 2.36. The van der Waals surface area contributed by atoms with Gasteiger partial charge in [-0.2, -0.15) is 0 Å². The summed E-state index contributed by atoms with van der Waals surface area (Å²) < 4.78 is 0. The molecule has 106 valence electrons. The number of fused-ring (bicyclic) bond motifs is 1. The van der Waals surface area contributed by atoms with Crippen LogP contribution < -0.4 is 10.9 Å². The van der Waals surface area contributed by atoms with Crippen molar-refractivity contribution in [2.45, 2.75) is 13.3 Å². The average molecular weight is 279 g/mol. The van der Waals surface area contributed by atoms with Gasteiger partial charge in [0.25, 0.3) is 5.56 Å². The number of aromatic amines is 1. The zero-order valence-corrected chi connectivity index (χ0v) is 11.9. The SMILES string of the molecule is Cc1cccc(CCNc2nc3ccccc3c(=O)[nH]2)c1. The Balaban J connectivity index is 1.72. The van der Waals surface area contributed by atoms with E-state index in [2.05, 4.69) is 46.5 Å². The lowest BCUT2D eigenvalue weighted by atomic mass is 10.1. The van der Waals surface area contributed by atoms with Crippen LogP contribution in [0.15, 0.2) is 53.3 Å². The van der Waals surface area contributed by atoms with Crippen LogP contribution in [0.2, 0.25) is 0 Å². The molecule has 0 aliphatic rings. The minimum absolute atomic E-state index is 0.112. The molecule has 2 N–H and O–H groups in total. The number of nitrogens with zero attached hydrogens (tertiary/aromatic N) is 1. The van der Waals surface area contributed by atoms with Crippen molar-refractivity contribution in [1.29, 1.82) is 0 Å². The molecular weight excluding hydrogens is 262 g/mol. The van der Waals surface area contributed by atoms with Gasteiger partial charge in [-0.05, 0) is 31.0 Å². The van der Waals surface area contributed by atoms with Crippen molar-refractivity contribution in [2.24, 2.45) is 0 Å². The Kier molecular flexibility index (Phi) is 3.69. The summed E-state index contributed by atoms with van der Waals surface area (Å²) in [6.07, 6.45) is 0.887. The molecule has 0 radical (unpaired) electrons. The first-order valence-electron chi connectivity index (χ1n) is 7.01. The number of aromatic nitrogens is 2. The molecule has 1 aromatic heterocycles. The number of aryl methyl sites for hydroxylation is 1. The fourth-order valence-electron chi connectivity index (χ4n) is 2.36. The van der Waals surface area contributed by atoms with Gasteiger partial charge in [0, 0.05) is 6.54 Å². The summed E-state index contributed by atoms with van der Waals surface area (Å²) in [5, 5.41) is 3.79. The molecule has 0 saturated heterocycles. The van der Waals surface area contributed by atoms with Crippen molar-refractivity contribution in [3.05, 3.63) is 70.0 Å². The maximum atomic E-state index is 11.9. The highest BCUT2D eigenvalue weighted by Crippen LogP contribution is 2.08. The molecule has 0 bridgehead atoms. The van der Waals surface area contributed by atoms with Gasteiger partial charge in [0.05, 0.1) is 10.9 Å². The van der Waals surface area contributed by atoms with Gasteiger partial charge in [-0.1, -0.05) is 42.0 Å². The average Bonchev–Trinajstić information content (AvgIpc) is 2.47. The van der Waals surface area contributed by atoms with E-state index in [1.807, 2.05) is 18.2 Å². The third kappa shape index (κ3) is 3.11. The third-order valence-electron chi connectivity index (χ3n) is 3.40. The lowest BCUT2D eigenvalue weighted by Crippen LogP contribution is -2.14. The summed E-state index contributed by atoms with van der Waals surface area (Å²) >= 11 is 0. The van der Waals surface area contributed by atoms with Crippen molar-refractivity contribution < 1.29 is 0 Å². The van der Waals surface area contributed by atoms with Crippen LogP contribution in [-0.4, -0.2) is 16.5 Å². The van der Waals surface area contributed by atoms with Crippen molar-refractivity contribution in [2.75, 3.05) is 11.9 Å². The minimum Gasteiger partial charge on any atom is -0.355 e. The highest BCUT2D eigenvalue weighted by atomic mass is 16.1. The molecule has 2 aromatic carbocycles. The molecule has 0 amide bonds. The number of rotatable bonds is 4. The van der Waals surface area contributed by atoms with E-state index in [0.717, 1.165) is 13.0 Å². The molecule has 0 saturated carbocycles. The first-order chi connectivity index (χ1) is 10.2. The van der Waals surface area contributed by atoms with Crippen LogP contribution in [-0.2, 0) is 6.42 Å². The summed E-state index contributed by atoms with van der Waals surface area (Å²) in [6, 6.07) is 15.7. The van der Waals surface area contributed by atoms with Crippen molar-refractivity contribution >= 4 is 16.9 Å². The molecule has 1 heterocycles. The molecule has 0 atom stereocenters. The molecule has 4 heteroatoms. The summed E-state index contributed by atoms with van der Waals surface area (Å²) in [5.41, 5.74) is 3.12. The van der Waals surface area contributed by atoms with Gasteiger partial charge in [-0.25, -0.2) is 4.98 Å². The number of hydrogen-bond donors (Lipinski definition) is 2. The molecular formula is C17H17N3O. The highest BCUT2D eigenvalue weighted by molar-refractivity contribution is 5.78. The Morgan fingerprint density at radius 2 is 2.00 bits per heavy atom. The number of benzene rings is 2. The molecule has 21 heavy (non-hydrogen) atoms. The number of hydrogen-bond acceptors (Lipinski definition) is 3. The Bertz CT molecular complexity index is 823. The van der Waals surface area contributed by atoms with Crippen LogP contribution in [0.3, 0.4) is 0 Å². The highest BCUT2D eigenvalue weighted by Gasteiger charge is 2.02. The monoisotopic (exact) mass is 279 g/mol. The largest absolute Gasteiger partial charge is 0.355 e. The Hall–Kier alpha value is -2.62. The number of nitrogens with one attached hydrogen (secondary N) is 2. The fraction of sp³-hybridized carbons (Fsp3) is 0.176. The van der Waals surface area contributed by atoms with Crippen molar-refractivity contribution in [3.8, 4) is 0 Å². The predicted octanol–water partition coefficient (Wildman–Crippen LogP) is 2.89. The summed E-state index contributed by atoms with van der Waals surface area (Å²) in [5.74, 6) is 0.520. The molecule has 3 rings (SSSR count). The molecule has 0 spiro atoms. The van der Waals surface area contributed by atoms with E-state index in [1.54, 1.807) is 6.07 Å². The summed E-state index contributed by atoms with van der Waals surface area (Å²) in [7, 11) is 0. The van der Waals surface area contributed by atoms with E-state index in [0.29, 0.717) is 16.9 Å². The molecule has 0 aliphatic carbocycles. The smallest absolute Gasteiger partial charge is 0.260 e.